The van der Waals surface area contributed by atoms with Gasteiger partial charge >= 0.3 is 0 Å². The highest BCUT2D eigenvalue weighted by molar-refractivity contribution is 8.93. The average Bonchev–Trinajstić information content (AvgIpc) is 1.97. The Kier molecular flexibility index (Phi) is 27.4. The molecule has 0 N–H and O–H groups in total. The summed E-state index contributed by atoms with van der Waals surface area (Å²) < 4.78 is 0. The molecule has 0 nitrogen and oxygen atoms in total. The van der Waals surface area contributed by atoms with E-state index in [0.29, 0.717) is 0 Å². The van der Waals surface area contributed by atoms with Gasteiger partial charge in [0.2, 0.25) is 0 Å². The molecule has 0 aliphatic rings. The van der Waals surface area contributed by atoms with Crippen LogP contribution in [0.4, 0.5) is 0 Å². The number of hydrogen-bond donors (Lipinski definition) is 0. The number of unbranched alkanes of at least 4 members (excludes halogenated alkanes) is 7. The quantitative estimate of drug-likeness (QED) is 0.555. The zero-order valence-electron chi connectivity index (χ0n) is 8.47. The van der Waals surface area contributed by atoms with Crippen LogP contribution < -0.4 is 0 Å². The lowest BCUT2D eigenvalue weighted by atomic mass is 10.1. The van der Waals surface area contributed by atoms with Gasteiger partial charge < -0.3 is 0 Å². The highest BCUT2D eigenvalue weighted by Gasteiger charge is 1.87. The van der Waals surface area contributed by atoms with Gasteiger partial charge in [0.15, 0.2) is 0 Å². The van der Waals surface area contributed by atoms with Crippen molar-refractivity contribution in [2.75, 3.05) is 0 Å². The van der Waals surface area contributed by atoms with Crippen LogP contribution in [0, 0.1) is 0 Å². The maximum atomic E-state index is 2.27. The first kappa shape index (κ1) is 18.5. The summed E-state index contributed by atoms with van der Waals surface area (Å²) in [5.41, 5.74) is 0. The molecule has 0 aliphatic heterocycles. The third kappa shape index (κ3) is 17.0. The molecule has 0 saturated heterocycles. The Hall–Kier alpha value is 0.770. The van der Waals surface area contributed by atoms with Crippen LogP contribution in [0.1, 0.15) is 65.2 Å². The predicted molar refractivity (Wildman–Crippen MR) is 65.9 cm³/mol. The SMILES string of the molecule is Br.CCCCCCCCCC.Cl. The third-order valence-electron chi connectivity index (χ3n) is 1.96. The van der Waals surface area contributed by atoms with Crippen molar-refractivity contribution in [3.63, 3.8) is 0 Å². The first-order valence-electron chi connectivity index (χ1n) is 4.91. The van der Waals surface area contributed by atoms with E-state index in [1.165, 1.54) is 51.4 Å². The van der Waals surface area contributed by atoms with Crippen LogP contribution in [-0.2, 0) is 0 Å². The second-order valence-corrected chi connectivity index (χ2v) is 3.12. The van der Waals surface area contributed by atoms with Crippen LogP contribution in [0.5, 0.6) is 0 Å². The van der Waals surface area contributed by atoms with Crippen molar-refractivity contribution < 1.29 is 0 Å². The molecule has 0 aliphatic carbocycles. The molecule has 0 radical (unpaired) electrons. The van der Waals surface area contributed by atoms with Crippen molar-refractivity contribution in [1.82, 2.24) is 0 Å². The van der Waals surface area contributed by atoms with Crippen LogP contribution >= 0.6 is 29.4 Å². The highest BCUT2D eigenvalue weighted by Crippen LogP contribution is 2.07. The predicted octanol–water partition coefficient (Wildman–Crippen LogP) is 5.15. The monoisotopic (exact) mass is 258 g/mol. The molecule has 0 heterocycles. The molecule has 0 rings (SSSR count). The van der Waals surface area contributed by atoms with Crippen molar-refractivity contribution >= 4 is 29.4 Å². The Morgan fingerprint density at radius 1 is 0.583 bits per heavy atom. The fraction of sp³-hybridized carbons (Fsp3) is 1.00. The summed E-state index contributed by atoms with van der Waals surface area (Å²) in [5.74, 6) is 0. The zero-order chi connectivity index (χ0) is 7.66. The maximum Gasteiger partial charge on any atom is -0.0533 e. The van der Waals surface area contributed by atoms with Crippen LogP contribution in [0.2, 0.25) is 0 Å². The summed E-state index contributed by atoms with van der Waals surface area (Å²) >= 11 is 0. The number of rotatable bonds is 7. The normalized spacial score (nSPS) is 8.50. The fourth-order valence-electron chi connectivity index (χ4n) is 1.21. The Labute approximate surface area is 94.7 Å². The first-order chi connectivity index (χ1) is 4.91. The van der Waals surface area contributed by atoms with Crippen molar-refractivity contribution in [3.05, 3.63) is 0 Å². The van der Waals surface area contributed by atoms with E-state index in [1.807, 2.05) is 0 Å². The van der Waals surface area contributed by atoms with Gasteiger partial charge in [-0.05, 0) is 0 Å². The summed E-state index contributed by atoms with van der Waals surface area (Å²) in [4.78, 5) is 0. The molecule has 0 aromatic heterocycles. The van der Waals surface area contributed by atoms with Crippen LogP contribution in [0.25, 0.3) is 0 Å². The van der Waals surface area contributed by atoms with E-state index in [0.717, 1.165) is 0 Å². The molecule has 0 amide bonds. The van der Waals surface area contributed by atoms with Gasteiger partial charge in [0.05, 0.1) is 0 Å². The van der Waals surface area contributed by atoms with Crippen LogP contribution in [0.15, 0.2) is 0 Å². The molecule has 12 heavy (non-hydrogen) atoms. The summed E-state index contributed by atoms with van der Waals surface area (Å²) in [5, 5.41) is 0. The van der Waals surface area contributed by atoms with Gasteiger partial charge in [-0.15, -0.1) is 29.4 Å². The van der Waals surface area contributed by atoms with Crippen molar-refractivity contribution in [3.8, 4) is 0 Å². The lowest BCUT2D eigenvalue weighted by molar-refractivity contribution is 0.585. The van der Waals surface area contributed by atoms with Crippen LogP contribution in [-0.4, -0.2) is 0 Å². The first-order valence-corrected chi connectivity index (χ1v) is 4.91. The van der Waals surface area contributed by atoms with E-state index in [2.05, 4.69) is 13.8 Å². The fourth-order valence-corrected chi connectivity index (χ4v) is 1.21. The van der Waals surface area contributed by atoms with E-state index in [9.17, 15) is 0 Å². The van der Waals surface area contributed by atoms with Gasteiger partial charge in [-0.3, -0.25) is 0 Å². The number of hydrogen-bond acceptors (Lipinski definition) is 0. The molecular formula is C10H24BrCl. The molecule has 0 spiro atoms. The molecule has 0 aromatic carbocycles. The molecular weight excluding hydrogens is 235 g/mol. The topological polar surface area (TPSA) is 0 Å². The van der Waals surface area contributed by atoms with Crippen molar-refractivity contribution in [2.45, 2.75) is 65.2 Å². The maximum absolute atomic E-state index is 2.27. The summed E-state index contributed by atoms with van der Waals surface area (Å²) in [6.45, 7) is 4.54. The van der Waals surface area contributed by atoms with Crippen molar-refractivity contribution in [2.24, 2.45) is 0 Å². The lowest BCUT2D eigenvalue weighted by Crippen LogP contribution is -1.77. The smallest absolute Gasteiger partial charge is 0.0533 e. The summed E-state index contributed by atoms with van der Waals surface area (Å²) in [6, 6.07) is 0. The third-order valence-corrected chi connectivity index (χ3v) is 1.96. The molecule has 0 unspecified atom stereocenters. The van der Waals surface area contributed by atoms with Gasteiger partial charge in [0.1, 0.15) is 0 Å². The summed E-state index contributed by atoms with van der Waals surface area (Å²) in [7, 11) is 0. The van der Waals surface area contributed by atoms with E-state index in [-0.39, 0.29) is 29.4 Å². The molecule has 0 saturated carbocycles. The minimum absolute atomic E-state index is 0. The lowest BCUT2D eigenvalue weighted by Gasteiger charge is -1.97. The Balaban J connectivity index is -0.000000405. The van der Waals surface area contributed by atoms with Crippen molar-refractivity contribution in [1.29, 1.82) is 0 Å². The molecule has 2 heteroatoms. The van der Waals surface area contributed by atoms with E-state index < -0.39 is 0 Å². The Morgan fingerprint density at radius 2 is 0.833 bits per heavy atom. The highest BCUT2D eigenvalue weighted by atomic mass is 79.9. The molecule has 0 fully saturated rings. The van der Waals surface area contributed by atoms with Gasteiger partial charge in [-0.25, -0.2) is 0 Å². The van der Waals surface area contributed by atoms with Crippen LogP contribution in [0.3, 0.4) is 0 Å². The van der Waals surface area contributed by atoms with Gasteiger partial charge in [0.25, 0.3) is 0 Å². The Bertz CT molecular complexity index is 49.8. The minimum Gasteiger partial charge on any atom is -0.147 e. The van der Waals surface area contributed by atoms with E-state index in [1.54, 1.807) is 0 Å². The molecule has 0 atom stereocenters. The minimum atomic E-state index is 0. The van der Waals surface area contributed by atoms with Gasteiger partial charge in [-0.2, -0.15) is 0 Å². The number of halogens is 2. The molecule has 0 bridgehead atoms. The molecule has 0 aromatic rings. The largest absolute Gasteiger partial charge is 0.147 e. The zero-order valence-corrected chi connectivity index (χ0v) is 11.0. The second-order valence-electron chi connectivity index (χ2n) is 3.12. The summed E-state index contributed by atoms with van der Waals surface area (Å²) in [6.07, 6.45) is 11.5. The van der Waals surface area contributed by atoms with E-state index in [4.69, 9.17) is 0 Å². The van der Waals surface area contributed by atoms with Gasteiger partial charge in [-0.1, -0.05) is 65.2 Å². The standard InChI is InChI=1S/C10H22.BrH.ClH/c1-3-5-7-9-10-8-6-4-2;;/h3-10H2,1-2H3;2*1H. The average molecular weight is 260 g/mol. The van der Waals surface area contributed by atoms with E-state index >= 15 is 0 Å². The van der Waals surface area contributed by atoms with Gasteiger partial charge in [0, 0.05) is 0 Å². The Morgan fingerprint density at radius 3 is 1.08 bits per heavy atom. The molecule has 78 valence electrons. The second kappa shape index (κ2) is 17.8.